The monoisotopic (exact) mass is 254 g/mol. The van der Waals surface area contributed by atoms with Crippen molar-refractivity contribution in [1.29, 1.82) is 0 Å². The molecule has 94 valence electrons. The zero-order chi connectivity index (χ0) is 12.7. The van der Waals surface area contributed by atoms with Crippen LogP contribution in [0.4, 0.5) is 5.69 Å². The third-order valence-corrected chi connectivity index (χ3v) is 3.29. The lowest BCUT2D eigenvalue weighted by Crippen LogP contribution is -2.18. The van der Waals surface area contributed by atoms with E-state index in [0.29, 0.717) is 5.69 Å². The first-order valence-electron chi connectivity index (χ1n) is 5.66. The third kappa shape index (κ3) is 4.65. The van der Waals surface area contributed by atoms with Gasteiger partial charge in [0.15, 0.2) is 0 Å². The number of aromatic carboxylic acids is 1. The van der Waals surface area contributed by atoms with Crippen molar-refractivity contribution >= 4 is 23.4 Å². The molecule has 0 bridgehead atoms. The van der Waals surface area contributed by atoms with Crippen molar-refractivity contribution in [3.63, 3.8) is 0 Å². The summed E-state index contributed by atoms with van der Waals surface area (Å²) in [5, 5.41) is 12.2. The largest absolute Gasteiger partial charge is 0.478 e. The van der Waals surface area contributed by atoms with Crippen molar-refractivity contribution in [2.24, 2.45) is 0 Å². The number of pyridine rings is 1. The van der Waals surface area contributed by atoms with E-state index in [2.05, 4.69) is 24.1 Å². The van der Waals surface area contributed by atoms with Crippen molar-refractivity contribution in [1.82, 2.24) is 4.98 Å². The minimum absolute atomic E-state index is 0.225. The summed E-state index contributed by atoms with van der Waals surface area (Å²) in [6, 6.07) is 1.96. The van der Waals surface area contributed by atoms with Gasteiger partial charge in [-0.3, -0.25) is 4.98 Å². The molecular weight excluding hydrogens is 236 g/mol. The number of carboxylic acid groups (broad SMARTS) is 1. The van der Waals surface area contributed by atoms with E-state index >= 15 is 0 Å². The SMILES string of the molecule is CCSCCC(C)Nc1ccncc1C(=O)O. The van der Waals surface area contributed by atoms with Gasteiger partial charge in [0, 0.05) is 18.4 Å². The number of carbonyl (C=O) groups is 1. The number of rotatable bonds is 7. The molecule has 17 heavy (non-hydrogen) atoms. The molecular formula is C12H18N2O2S. The predicted octanol–water partition coefficient (Wildman–Crippen LogP) is 2.72. The van der Waals surface area contributed by atoms with E-state index in [1.807, 2.05) is 11.8 Å². The van der Waals surface area contributed by atoms with E-state index < -0.39 is 5.97 Å². The second-order valence-electron chi connectivity index (χ2n) is 3.76. The average Bonchev–Trinajstić information content (AvgIpc) is 2.29. The molecule has 1 aromatic rings. The Morgan fingerprint density at radius 1 is 1.65 bits per heavy atom. The van der Waals surface area contributed by atoms with Gasteiger partial charge in [-0.1, -0.05) is 6.92 Å². The van der Waals surface area contributed by atoms with E-state index in [1.165, 1.54) is 6.20 Å². The van der Waals surface area contributed by atoms with Gasteiger partial charge in [0.25, 0.3) is 0 Å². The zero-order valence-electron chi connectivity index (χ0n) is 10.1. The Morgan fingerprint density at radius 2 is 2.41 bits per heavy atom. The van der Waals surface area contributed by atoms with E-state index in [9.17, 15) is 4.79 Å². The first-order chi connectivity index (χ1) is 8.15. The second kappa shape index (κ2) is 7.17. The van der Waals surface area contributed by atoms with Crippen LogP contribution in [-0.4, -0.2) is 33.6 Å². The summed E-state index contributed by atoms with van der Waals surface area (Å²) >= 11 is 1.89. The number of aromatic nitrogens is 1. The van der Waals surface area contributed by atoms with Crippen molar-refractivity contribution in [2.75, 3.05) is 16.8 Å². The topological polar surface area (TPSA) is 62.2 Å². The molecule has 1 atom stereocenters. The van der Waals surface area contributed by atoms with Crippen molar-refractivity contribution < 1.29 is 9.90 Å². The summed E-state index contributed by atoms with van der Waals surface area (Å²) in [6.07, 6.45) is 3.99. The fraction of sp³-hybridized carbons (Fsp3) is 0.500. The highest BCUT2D eigenvalue weighted by Gasteiger charge is 2.11. The number of anilines is 1. The lowest BCUT2D eigenvalue weighted by atomic mass is 10.2. The van der Waals surface area contributed by atoms with E-state index in [4.69, 9.17) is 5.11 Å². The molecule has 2 N–H and O–H groups in total. The van der Waals surface area contributed by atoms with Gasteiger partial charge in [-0.25, -0.2) is 4.79 Å². The maximum absolute atomic E-state index is 11.0. The van der Waals surface area contributed by atoms with Gasteiger partial charge in [0.05, 0.1) is 5.69 Å². The third-order valence-electron chi connectivity index (χ3n) is 2.35. The molecule has 0 aromatic carbocycles. The molecule has 4 nitrogen and oxygen atoms in total. The Hall–Kier alpha value is -1.23. The van der Waals surface area contributed by atoms with Crippen LogP contribution in [0.1, 0.15) is 30.6 Å². The quantitative estimate of drug-likeness (QED) is 0.733. The molecule has 0 amide bonds. The van der Waals surface area contributed by atoms with Crippen molar-refractivity contribution in [3.05, 3.63) is 24.0 Å². The molecule has 1 unspecified atom stereocenters. The summed E-state index contributed by atoms with van der Waals surface area (Å²) in [7, 11) is 0. The maximum atomic E-state index is 11.0. The van der Waals surface area contributed by atoms with Crippen LogP contribution in [0, 0.1) is 0 Å². The van der Waals surface area contributed by atoms with Gasteiger partial charge in [-0.2, -0.15) is 11.8 Å². The number of nitrogens with one attached hydrogen (secondary N) is 1. The van der Waals surface area contributed by atoms with Gasteiger partial charge in [0.1, 0.15) is 5.56 Å². The molecule has 0 saturated carbocycles. The fourth-order valence-corrected chi connectivity index (χ4v) is 2.24. The number of hydrogen-bond acceptors (Lipinski definition) is 4. The van der Waals surface area contributed by atoms with Gasteiger partial charge in [-0.15, -0.1) is 0 Å². The smallest absolute Gasteiger partial charge is 0.339 e. The van der Waals surface area contributed by atoms with Gasteiger partial charge in [0.2, 0.25) is 0 Å². The molecule has 0 radical (unpaired) electrons. The molecule has 0 aliphatic heterocycles. The minimum atomic E-state index is -0.948. The zero-order valence-corrected chi connectivity index (χ0v) is 11.0. The standard InChI is InChI=1S/C12H18N2O2S/c1-3-17-7-5-9(2)14-11-4-6-13-8-10(11)12(15)16/h4,6,8-9H,3,5,7H2,1-2H3,(H,13,14)(H,15,16). The van der Waals surface area contributed by atoms with E-state index in [1.54, 1.807) is 12.3 Å². The summed E-state index contributed by atoms with van der Waals surface area (Å²) in [4.78, 5) is 14.8. The number of carboxylic acids is 1. The van der Waals surface area contributed by atoms with Gasteiger partial charge in [-0.05, 0) is 30.9 Å². The van der Waals surface area contributed by atoms with Gasteiger partial charge >= 0.3 is 5.97 Å². The average molecular weight is 254 g/mol. The normalized spacial score (nSPS) is 12.1. The summed E-state index contributed by atoms with van der Waals surface area (Å²) in [6.45, 7) is 4.19. The first kappa shape index (κ1) is 13.8. The maximum Gasteiger partial charge on any atom is 0.339 e. The second-order valence-corrected chi connectivity index (χ2v) is 5.15. The number of thioether (sulfide) groups is 1. The Bertz CT molecular complexity index is 371. The Labute approximate surface area is 106 Å². The van der Waals surface area contributed by atoms with Crippen LogP contribution in [0.15, 0.2) is 18.5 Å². The number of hydrogen-bond donors (Lipinski definition) is 2. The molecule has 0 aliphatic rings. The predicted molar refractivity (Wildman–Crippen MR) is 71.9 cm³/mol. The van der Waals surface area contributed by atoms with E-state index in [-0.39, 0.29) is 11.6 Å². The molecule has 1 rings (SSSR count). The highest BCUT2D eigenvalue weighted by Crippen LogP contribution is 2.16. The Balaban J connectivity index is 2.58. The lowest BCUT2D eigenvalue weighted by Gasteiger charge is -2.16. The first-order valence-corrected chi connectivity index (χ1v) is 6.82. The van der Waals surface area contributed by atoms with Gasteiger partial charge < -0.3 is 10.4 Å². The highest BCUT2D eigenvalue weighted by atomic mass is 32.2. The molecule has 0 aliphatic carbocycles. The Kier molecular flexibility index (Phi) is 5.83. The van der Waals surface area contributed by atoms with Crippen molar-refractivity contribution in [3.8, 4) is 0 Å². The van der Waals surface area contributed by atoms with Crippen LogP contribution >= 0.6 is 11.8 Å². The van der Waals surface area contributed by atoms with Crippen LogP contribution in [-0.2, 0) is 0 Å². The molecule has 0 spiro atoms. The van der Waals surface area contributed by atoms with Crippen LogP contribution in [0.2, 0.25) is 0 Å². The lowest BCUT2D eigenvalue weighted by molar-refractivity contribution is 0.0697. The highest BCUT2D eigenvalue weighted by molar-refractivity contribution is 7.99. The van der Waals surface area contributed by atoms with Crippen molar-refractivity contribution in [2.45, 2.75) is 26.3 Å². The Morgan fingerprint density at radius 3 is 3.06 bits per heavy atom. The summed E-state index contributed by atoms with van der Waals surface area (Å²) < 4.78 is 0. The molecule has 0 saturated heterocycles. The van der Waals surface area contributed by atoms with Crippen LogP contribution in [0.25, 0.3) is 0 Å². The fourth-order valence-electron chi connectivity index (χ4n) is 1.43. The summed E-state index contributed by atoms with van der Waals surface area (Å²) in [5.41, 5.74) is 0.865. The number of nitrogens with zero attached hydrogens (tertiary/aromatic N) is 1. The molecule has 5 heteroatoms. The van der Waals surface area contributed by atoms with Crippen LogP contribution < -0.4 is 5.32 Å². The van der Waals surface area contributed by atoms with Crippen LogP contribution in [0.3, 0.4) is 0 Å². The molecule has 0 fully saturated rings. The molecule has 1 aromatic heterocycles. The molecule has 1 heterocycles. The minimum Gasteiger partial charge on any atom is -0.478 e. The van der Waals surface area contributed by atoms with E-state index in [0.717, 1.165) is 17.9 Å². The van der Waals surface area contributed by atoms with Crippen LogP contribution in [0.5, 0.6) is 0 Å². The summed E-state index contributed by atoms with van der Waals surface area (Å²) in [5.74, 6) is 1.25.